The van der Waals surface area contributed by atoms with Gasteiger partial charge >= 0.3 is 0 Å². The van der Waals surface area contributed by atoms with Gasteiger partial charge in [0.25, 0.3) is 11.5 Å². The maximum absolute atomic E-state index is 13.3. The normalized spacial score (nSPS) is 18.6. The Hall–Kier alpha value is -3.07. The zero-order chi connectivity index (χ0) is 22.0. The molecule has 1 saturated heterocycles. The predicted molar refractivity (Wildman–Crippen MR) is 110 cm³/mol. The van der Waals surface area contributed by atoms with E-state index >= 15 is 0 Å². The van der Waals surface area contributed by atoms with Gasteiger partial charge in [0.2, 0.25) is 5.91 Å². The maximum Gasteiger partial charge on any atom is 0.256 e. The number of carbonyl (C=O) groups is 2. The van der Waals surface area contributed by atoms with Crippen molar-refractivity contribution in [3.8, 4) is 0 Å². The van der Waals surface area contributed by atoms with Crippen LogP contribution in [0.4, 0.5) is 4.39 Å². The summed E-state index contributed by atoms with van der Waals surface area (Å²) in [5, 5.41) is 0. The summed E-state index contributed by atoms with van der Waals surface area (Å²) in [5.74, 6) is -0.303. The molecule has 31 heavy (non-hydrogen) atoms. The quantitative estimate of drug-likeness (QED) is 0.801. The molecule has 0 spiro atoms. The van der Waals surface area contributed by atoms with Gasteiger partial charge in [-0.1, -0.05) is 0 Å². The molecule has 1 unspecified atom stereocenters. The van der Waals surface area contributed by atoms with Crippen LogP contribution in [-0.4, -0.2) is 58.4 Å². The Morgan fingerprint density at radius 2 is 2.00 bits per heavy atom. The molecule has 2 amide bonds. The number of hydrogen-bond donors (Lipinski definition) is 1. The smallest absolute Gasteiger partial charge is 0.256 e. The molecule has 1 atom stereocenters. The number of nitrogens with zero attached hydrogens (tertiary/aromatic N) is 3. The van der Waals surface area contributed by atoms with Crippen molar-refractivity contribution in [3.63, 3.8) is 0 Å². The molecule has 1 aromatic heterocycles. The highest BCUT2D eigenvalue weighted by atomic mass is 19.1. The van der Waals surface area contributed by atoms with E-state index in [-0.39, 0.29) is 36.6 Å². The number of ether oxygens (including phenoxy) is 1. The van der Waals surface area contributed by atoms with Crippen molar-refractivity contribution in [2.75, 3.05) is 26.8 Å². The van der Waals surface area contributed by atoms with Crippen LogP contribution < -0.4 is 5.56 Å². The molecule has 0 bridgehead atoms. The number of rotatable bonds is 4. The summed E-state index contributed by atoms with van der Waals surface area (Å²) in [6.07, 6.45) is 2.93. The molecule has 2 aliphatic heterocycles. The van der Waals surface area contributed by atoms with Gasteiger partial charge in [-0.2, -0.15) is 0 Å². The molecule has 3 heterocycles. The van der Waals surface area contributed by atoms with Gasteiger partial charge < -0.3 is 19.5 Å². The molecular formula is C22H25FN4O4. The lowest BCUT2D eigenvalue weighted by atomic mass is 9.99. The molecule has 9 heteroatoms. The first-order chi connectivity index (χ1) is 15.0. The number of aromatic amines is 1. The molecule has 1 N–H and O–H groups in total. The number of aromatic nitrogens is 2. The second-order valence-corrected chi connectivity index (χ2v) is 7.89. The van der Waals surface area contributed by atoms with Gasteiger partial charge in [-0.25, -0.2) is 9.37 Å². The van der Waals surface area contributed by atoms with Gasteiger partial charge in [0.05, 0.1) is 23.8 Å². The number of nitrogens with one attached hydrogen (secondary N) is 1. The van der Waals surface area contributed by atoms with Crippen LogP contribution in [0.5, 0.6) is 0 Å². The minimum absolute atomic E-state index is 0.0265. The van der Waals surface area contributed by atoms with Crippen molar-refractivity contribution in [1.82, 2.24) is 19.8 Å². The number of piperidine rings is 1. The van der Waals surface area contributed by atoms with E-state index in [4.69, 9.17) is 9.72 Å². The zero-order valence-electron chi connectivity index (χ0n) is 17.4. The lowest BCUT2D eigenvalue weighted by Gasteiger charge is -2.36. The summed E-state index contributed by atoms with van der Waals surface area (Å²) in [4.78, 5) is 48.9. The van der Waals surface area contributed by atoms with E-state index in [0.29, 0.717) is 48.6 Å². The van der Waals surface area contributed by atoms with Crippen molar-refractivity contribution in [3.05, 3.63) is 63.1 Å². The van der Waals surface area contributed by atoms with Crippen LogP contribution in [0.1, 0.15) is 52.7 Å². The highest BCUT2D eigenvalue weighted by Crippen LogP contribution is 2.30. The standard InChI is InChI=1S/C22H25FN4O4/c1-31-13-19(28)26-11-9-17-16(12-26)21(29)25-20(24-17)18-4-2-3-10-27(18)22(30)14-5-7-15(23)8-6-14/h5-8,18H,2-4,9-13H2,1H3,(H,24,25,29). The number of halogens is 1. The van der Waals surface area contributed by atoms with E-state index < -0.39 is 5.82 Å². The van der Waals surface area contributed by atoms with Crippen LogP contribution in [0.3, 0.4) is 0 Å². The molecular weight excluding hydrogens is 403 g/mol. The summed E-state index contributed by atoms with van der Waals surface area (Å²) < 4.78 is 18.2. The fourth-order valence-electron chi connectivity index (χ4n) is 4.25. The SMILES string of the molecule is COCC(=O)N1CCc2nc(C3CCCCN3C(=O)c3ccc(F)cc3)[nH]c(=O)c2C1. The Labute approximate surface area is 179 Å². The van der Waals surface area contributed by atoms with Gasteiger partial charge in [0.15, 0.2) is 0 Å². The lowest BCUT2D eigenvalue weighted by Crippen LogP contribution is -2.43. The van der Waals surface area contributed by atoms with E-state index in [1.165, 1.54) is 31.4 Å². The van der Waals surface area contributed by atoms with Gasteiger partial charge in [-0.3, -0.25) is 14.4 Å². The molecule has 0 aliphatic carbocycles. The van der Waals surface area contributed by atoms with Gasteiger partial charge in [0.1, 0.15) is 18.2 Å². The van der Waals surface area contributed by atoms with Gasteiger partial charge in [-0.15, -0.1) is 0 Å². The van der Waals surface area contributed by atoms with Crippen LogP contribution in [0.25, 0.3) is 0 Å². The number of fused-ring (bicyclic) bond motifs is 1. The van der Waals surface area contributed by atoms with Crippen LogP contribution in [0, 0.1) is 5.82 Å². The number of benzene rings is 1. The molecule has 164 valence electrons. The highest BCUT2D eigenvalue weighted by Gasteiger charge is 2.32. The maximum atomic E-state index is 13.3. The fourth-order valence-corrected chi connectivity index (χ4v) is 4.25. The first-order valence-corrected chi connectivity index (χ1v) is 10.4. The molecule has 1 fully saturated rings. The van der Waals surface area contributed by atoms with Crippen molar-refractivity contribution in [2.45, 2.75) is 38.3 Å². The minimum Gasteiger partial charge on any atom is -0.375 e. The number of methoxy groups -OCH3 is 1. The summed E-state index contributed by atoms with van der Waals surface area (Å²) in [7, 11) is 1.46. The second-order valence-electron chi connectivity index (χ2n) is 7.89. The number of H-pyrrole nitrogens is 1. The zero-order valence-corrected chi connectivity index (χ0v) is 17.4. The van der Waals surface area contributed by atoms with Crippen LogP contribution >= 0.6 is 0 Å². The first-order valence-electron chi connectivity index (χ1n) is 10.4. The Morgan fingerprint density at radius 3 is 2.74 bits per heavy atom. The van der Waals surface area contributed by atoms with Crippen LogP contribution in [0.15, 0.2) is 29.1 Å². The lowest BCUT2D eigenvalue weighted by molar-refractivity contribution is -0.136. The van der Waals surface area contributed by atoms with E-state index in [0.717, 1.165) is 12.8 Å². The fraction of sp³-hybridized carbons (Fsp3) is 0.455. The van der Waals surface area contributed by atoms with E-state index in [9.17, 15) is 18.8 Å². The molecule has 4 rings (SSSR count). The number of carbonyl (C=O) groups excluding carboxylic acids is 2. The van der Waals surface area contributed by atoms with Crippen molar-refractivity contribution >= 4 is 11.8 Å². The summed E-state index contributed by atoms with van der Waals surface area (Å²) in [6, 6.07) is 5.12. The Balaban J connectivity index is 1.60. The van der Waals surface area contributed by atoms with E-state index in [2.05, 4.69) is 4.98 Å². The third kappa shape index (κ3) is 4.36. The Morgan fingerprint density at radius 1 is 1.23 bits per heavy atom. The number of likely N-dealkylation sites (tertiary alicyclic amines) is 1. The van der Waals surface area contributed by atoms with Gasteiger partial charge in [0, 0.05) is 32.2 Å². The molecule has 0 saturated carbocycles. The number of amides is 2. The molecule has 8 nitrogen and oxygen atoms in total. The van der Waals surface area contributed by atoms with E-state index in [1.54, 1.807) is 9.80 Å². The largest absolute Gasteiger partial charge is 0.375 e. The summed E-state index contributed by atoms with van der Waals surface area (Å²) >= 11 is 0. The monoisotopic (exact) mass is 428 g/mol. The third-order valence-electron chi connectivity index (χ3n) is 5.88. The topological polar surface area (TPSA) is 95.6 Å². The second kappa shape index (κ2) is 8.97. The summed E-state index contributed by atoms with van der Waals surface area (Å²) in [5.41, 5.74) is 1.27. The minimum atomic E-state index is -0.398. The van der Waals surface area contributed by atoms with Crippen molar-refractivity contribution in [2.24, 2.45) is 0 Å². The third-order valence-corrected chi connectivity index (χ3v) is 5.88. The van der Waals surface area contributed by atoms with E-state index in [1.807, 2.05) is 0 Å². The van der Waals surface area contributed by atoms with Crippen molar-refractivity contribution in [1.29, 1.82) is 0 Å². The van der Waals surface area contributed by atoms with Crippen LogP contribution in [0.2, 0.25) is 0 Å². The Kier molecular flexibility index (Phi) is 6.13. The molecule has 0 radical (unpaired) electrons. The summed E-state index contributed by atoms with van der Waals surface area (Å²) in [6.45, 7) is 1.18. The van der Waals surface area contributed by atoms with Crippen LogP contribution in [-0.2, 0) is 22.5 Å². The number of hydrogen-bond acceptors (Lipinski definition) is 5. The average Bonchev–Trinajstić information content (AvgIpc) is 2.79. The van der Waals surface area contributed by atoms with Crippen molar-refractivity contribution < 1.29 is 18.7 Å². The molecule has 2 aliphatic rings. The highest BCUT2D eigenvalue weighted by molar-refractivity contribution is 5.94. The molecule has 2 aromatic rings. The average molecular weight is 428 g/mol. The Bertz CT molecular complexity index is 1040. The first kappa shape index (κ1) is 21.2. The van der Waals surface area contributed by atoms with Gasteiger partial charge in [-0.05, 0) is 43.5 Å². The predicted octanol–water partition coefficient (Wildman–Crippen LogP) is 1.81. The molecule has 1 aromatic carbocycles.